The topological polar surface area (TPSA) is 84.6 Å². The van der Waals surface area contributed by atoms with E-state index in [1.165, 1.54) is 0 Å². The van der Waals surface area contributed by atoms with Crippen LogP contribution in [-0.4, -0.2) is 15.2 Å². The van der Waals surface area contributed by atoms with Crippen molar-refractivity contribution >= 4 is 100 Å². The van der Waals surface area contributed by atoms with Crippen LogP contribution in [0.2, 0.25) is 0 Å². The lowest BCUT2D eigenvalue weighted by atomic mass is 10.1. The van der Waals surface area contributed by atoms with Crippen molar-refractivity contribution in [1.29, 1.82) is 0 Å². The van der Waals surface area contributed by atoms with Gasteiger partial charge in [0, 0.05) is 62.9 Å². The number of hydrogen-bond donors (Lipinski definition) is 0. The van der Waals surface area contributed by atoms with E-state index in [-0.39, 0.29) is 0 Å². The van der Waals surface area contributed by atoms with Gasteiger partial charge < -0.3 is 18.2 Å². The van der Waals surface area contributed by atoms with Crippen LogP contribution in [0, 0.1) is 0 Å². The molecule has 0 bridgehead atoms. The van der Waals surface area contributed by atoms with Crippen molar-refractivity contribution in [3.05, 3.63) is 164 Å². The van der Waals surface area contributed by atoms with Gasteiger partial charge >= 0.3 is 0 Å². The first-order valence-corrected chi connectivity index (χ1v) is 17.3. The number of nitrogens with zero attached hydrogens (tertiary/aromatic N) is 5. The maximum atomic E-state index is 6.54. The summed E-state index contributed by atoms with van der Waals surface area (Å²) in [5.41, 5.74) is 10.3. The molecule has 5 heterocycles. The van der Waals surface area contributed by atoms with Gasteiger partial charge in [-0.15, -0.1) is 10.2 Å². The summed E-state index contributed by atoms with van der Waals surface area (Å²) in [4.78, 5) is 9.10. The summed E-state index contributed by atoms with van der Waals surface area (Å²) < 4.78 is 19.1. The van der Waals surface area contributed by atoms with E-state index in [0.717, 1.165) is 72.3 Å². The average molecular weight is 686 g/mol. The Kier molecular flexibility index (Phi) is 6.38. The van der Waals surface area contributed by atoms with Gasteiger partial charge in [-0.25, -0.2) is 4.98 Å². The summed E-state index contributed by atoms with van der Waals surface area (Å²) in [6.07, 6.45) is 1.85. The van der Waals surface area contributed by atoms with Crippen molar-refractivity contribution < 1.29 is 13.3 Å². The van der Waals surface area contributed by atoms with Crippen LogP contribution in [0.1, 0.15) is 0 Å². The van der Waals surface area contributed by atoms with E-state index < -0.39 is 0 Å². The minimum atomic E-state index is 0.579. The highest BCUT2D eigenvalue weighted by Crippen LogP contribution is 2.42. The van der Waals surface area contributed by atoms with E-state index in [4.69, 9.17) is 23.3 Å². The van der Waals surface area contributed by atoms with Gasteiger partial charge in [-0.2, -0.15) is 0 Å². The fraction of sp³-hybridized carbons (Fsp3) is 0. The second kappa shape index (κ2) is 11.5. The number of hydrogen-bond acceptors (Lipinski definition) is 8. The number of fused-ring (bicyclic) bond motifs is 9. The van der Waals surface area contributed by atoms with Gasteiger partial charge in [0.2, 0.25) is 0 Å². The zero-order valence-electron chi connectivity index (χ0n) is 28.0. The maximum Gasteiger partial charge on any atom is 0.164 e. The first-order chi connectivity index (χ1) is 26.2. The van der Waals surface area contributed by atoms with Crippen LogP contribution in [0.4, 0.5) is 34.3 Å². The van der Waals surface area contributed by atoms with Gasteiger partial charge in [-0.1, -0.05) is 72.8 Å². The standard InChI is InChI=1S/C45H27N5O3/c1-3-11-28(12-4-1)49(30-19-21-35-33-15-7-9-17-37(33)51-39(35)23-30)32-25-41-44(46-27-32)45-42(53-41)26-43(47-48-45)50(29-13-5-2-6-14-29)31-20-22-36-34-16-8-10-18-38(34)52-40(36)24-31/h1-27H. The molecule has 6 aromatic carbocycles. The van der Waals surface area contributed by atoms with Gasteiger partial charge in [0.15, 0.2) is 22.5 Å². The number of benzene rings is 6. The Hall–Kier alpha value is -7.45. The molecule has 0 unspecified atom stereocenters. The van der Waals surface area contributed by atoms with Crippen molar-refractivity contribution in [2.45, 2.75) is 0 Å². The predicted octanol–water partition coefficient (Wildman–Crippen LogP) is 12.5. The molecular formula is C45H27N5O3. The van der Waals surface area contributed by atoms with E-state index in [1.807, 2.05) is 109 Å². The maximum absolute atomic E-state index is 6.54. The quantitative estimate of drug-likeness (QED) is 0.171. The zero-order valence-corrected chi connectivity index (χ0v) is 28.0. The van der Waals surface area contributed by atoms with Crippen molar-refractivity contribution in [3.8, 4) is 0 Å². The van der Waals surface area contributed by atoms with Crippen molar-refractivity contribution in [2.24, 2.45) is 0 Å². The average Bonchev–Trinajstić information content (AvgIpc) is 3.89. The largest absolute Gasteiger partial charge is 0.456 e. The molecule has 0 aliphatic rings. The fourth-order valence-corrected chi connectivity index (χ4v) is 7.37. The van der Waals surface area contributed by atoms with Crippen LogP contribution in [0.5, 0.6) is 0 Å². The number of rotatable bonds is 6. The van der Waals surface area contributed by atoms with Crippen molar-refractivity contribution in [3.63, 3.8) is 0 Å². The van der Waals surface area contributed by atoms with E-state index in [9.17, 15) is 0 Å². The molecule has 0 fully saturated rings. The van der Waals surface area contributed by atoms with E-state index in [0.29, 0.717) is 28.0 Å². The van der Waals surface area contributed by atoms with E-state index >= 15 is 0 Å². The Bertz CT molecular complexity index is 2940. The van der Waals surface area contributed by atoms with Crippen LogP contribution < -0.4 is 9.80 Å². The lowest BCUT2D eigenvalue weighted by Gasteiger charge is -2.24. The molecule has 8 heteroatoms. The summed E-state index contributed by atoms with van der Waals surface area (Å²) >= 11 is 0. The highest BCUT2D eigenvalue weighted by atomic mass is 16.3. The Morgan fingerprint density at radius 2 is 0.830 bits per heavy atom. The molecule has 0 saturated heterocycles. The van der Waals surface area contributed by atoms with Gasteiger partial charge in [-0.05, 0) is 60.7 Å². The van der Waals surface area contributed by atoms with Crippen molar-refractivity contribution in [2.75, 3.05) is 9.80 Å². The molecule has 0 aliphatic heterocycles. The smallest absolute Gasteiger partial charge is 0.164 e. The van der Waals surface area contributed by atoms with Crippen LogP contribution in [0.25, 0.3) is 66.1 Å². The Balaban J connectivity index is 1.03. The molecule has 250 valence electrons. The molecule has 0 atom stereocenters. The lowest BCUT2D eigenvalue weighted by Crippen LogP contribution is -2.12. The van der Waals surface area contributed by atoms with E-state index in [2.05, 4.69) is 69.5 Å². The highest BCUT2D eigenvalue weighted by Gasteiger charge is 2.22. The molecule has 0 spiro atoms. The van der Waals surface area contributed by atoms with Gasteiger partial charge in [0.25, 0.3) is 0 Å². The second-order valence-electron chi connectivity index (χ2n) is 13.0. The predicted molar refractivity (Wildman–Crippen MR) is 211 cm³/mol. The number of pyridine rings is 1. The first kappa shape index (κ1) is 29.3. The molecule has 53 heavy (non-hydrogen) atoms. The minimum absolute atomic E-state index is 0.579. The number of aromatic nitrogens is 3. The minimum Gasteiger partial charge on any atom is -0.456 e. The van der Waals surface area contributed by atoms with Gasteiger partial charge in [0.1, 0.15) is 27.8 Å². The molecule has 8 nitrogen and oxygen atoms in total. The summed E-state index contributed by atoms with van der Waals surface area (Å²) in [5.74, 6) is 0.600. The fourth-order valence-electron chi connectivity index (χ4n) is 7.37. The molecule has 11 rings (SSSR count). The Labute approximate surface area is 301 Å². The summed E-state index contributed by atoms with van der Waals surface area (Å²) in [6, 6.07) is 52.9. The SMILES string of the molecule is c1ccc(N(c2ccc3c(c2)oc2ccccc23)c2cnc3c(c2)oc2cc(N(c4ccccc4)c4ccc5c(c4)oc4ccccc45)nnc23)cc1. The number of furan rings is 3. The van der Waals surface area contributed by atoms with Crippen molar-refractivity contribution in [1.82, 2.24) is 15.2 Å². The molecule has 11 aromatic rings. The number of anilines is 6. The molecular weight excluding hydrogens is 659 g/mol. The lowest BCUT2D eigenvalue weighted by molar-refractivity contribution is 0.666. The Morgan fingerprint density at radius 3 is 1.47 bits per heavy atom. The third kappa shape index (κ3) is 4.73. The third-order valence-electron chi connectivity index (χ3n) is 9.79. The molecule has 0 amide bonds. The normalized spacial score (nSPS) is 11.8. The third-order valence-corrected chi connectivity index (χ3v) is 9.79. The highest BCUT2D eigenvalue weighted by molar-refractivity contribution is 6.08. The molecule has 0 aliphatic carbocycles. The molecule has 0 radical (unpaired) electrons. The number of para-hydroxylation sites is 4. The van der Waals surface area contributed by atoms with Crippen LogP contribution in [0.3, 0.4) is 0 Å². The van der Waals surface area contributed by atoms with Crippen LogP contribution in [-0.2, 0) is 0 Å². The monoisotopic (exact) mass is 685 g/mol. The summed E-state index contributed by atoms with van der Waals surface area (Å²) in [7, 11) is 0. The van der Waals surface area contributed by atoms with Gasteiger partial charge in [-0.3, -0.25) is 4.90 Å². The van der Waals surface area contributed by atoms with Crippen LogP contribution >= 0.6 is 0 Å². The zero-order chi connectivity index (χ0) is 34.9. The summed E-state index contributed by atoms with van der Waals surface area (Å²) in [6.45, 7) is 0. The van der Waals surface area contributed by atoms with Gasteiger partial charge in [0.05, 0.1) is 17.6 Å². The summed E-state index contributed by atoms with van der Waals surface area (Å²) in [5, 5.41) is 13.7. The molecule has 5 aromatic heterocycles. The first-order valence-electron chi connectivity index (χ1n) is 17.3. The Morgan fingerprint density at radius 1 is 0.340 bits per heavy atom. The molecule has 0 saturated carbocycles. The second-order valence-corrected chi connectivity index (χ2v) is 13.0. The van der Waals surface area contributed by atoms with Crippen LogP contribution in [0.15, 0.2) is 177 Å². The van der Waals surface area contributed by atoms with E-state index in [1.54, 1.807) is 0 Å². The molecule has 0 N–H and O–H groups in total.